The maximum Gasteiger partial charge on any atom is 0.268 e. The Morgan fingerprint density at radius 1 is 1.50 bits per heavy atom. The molecule has 1 rings (SSSR count). The summed E-state index contributed by atoms with van der Waals surface area (Å²) in [5.74, 6) is 0. The monoisotopic (exact) mass is 277 g/mol. The summed E-state index contributed by atoms with van der Waals surface area (Å²) in [6, 6.07) is 3.81. The minimum atomic E-state index is -0.297. The lowest BCUT2D eigenvalue weighted by Gasteiger charge is -2.14. The summed E-state index contributed by atoms with van der Waals surface area (Å²) in [6.07, 6.45) is 4.21. The van der Waals surface area contributed by atoms with Crippen molar-refractivity contribution in [2.75, 3.05) is 18.4 Å². The Labute approximate surface area is 119 Å². The quantitative estimate of drug-likeness (QED) is 0.699. The summed E-state index contributed by atoms with van der Waals surface area (Å²) in [7, 11) is 0. The molecule has 0 aromatic carbocycles. The number of nitriles is 1. The van der Waals surface area contributed by atoms with Crippen LogP contribution in [0, 0.1) is 16.7 Å². The molecule has 0 aliphatic carbocycles. The summed E-state index contributed by atoms with van der Waals surface area (Å²) in [4.78, 5) is 11.8. The van der Waals surface area contributed by atoms with Crippen LogP contribution in [-0.2, 0) is 6.54 Å². The molecule has 0 bridgehead atoms. The van der Waals surface area contributed by atoms with E-state index in [1.807, 2.05) is 13.8 Å². The average molecular weight is 277 g/mol. The summed E-state index contributed by atoms with van der Waals surface area (Å²) in [6.45, 7) is 5.56. The summed E-state index contributed by atoms with van der Waals surface area (Å²) >= 11 is 0. The predicted octanol–water partition coefficient (Wildman–Crippen LogP) is 1.33. The first-order valence-corrected chi connectivity index (χ1v) is 6.91. The Balaban J connectivity index is 2.45. The van der Waals surface area contributed by atoms with E-state index < -0.39 is 0 Å². The molecular weight excluding hydrogens is 254 g/mol. The second-order valence-corrected chi connectivity index (χ2v) is 5.47. The SMILES string of the molecule is CC(C)(C#N)CCCCn1ncc(NCCN)cc1=O. The normalized spacial score (nSPS) is 11.1. The highest BCUT2D eigenvalue weighted by Crippen LogP contribution is 2.21. The van der Waals surface area contributed by atoms with Gasteiger partial charge in [-0.25, -0.2) is 4.68 Å². The third-order valence-corrected chi connectivity index (χ3v) is 3.07. The molecule has 3 N–H and O–H groups in total. The zero-order valence-corrected chi connectivity index (χ0v) is 12.2. The number of unbranched alkanes of at least 4 members (excludes halogenated alkanes) is 1. The zero-order chi connectivity index (χ0) is 15.0. The van der Waals surface area contributed by atoms with Crippen LogP contribution in [0.1, 0.15) is 33.1 Å². The van der Waals surface area contributed by atoms with E-state index in [9.17, 15) is 4.79 Å². The van der Waals surface area contributed by atoms with Crippen LogP contribution in [0.25, 0.3) is 0 Å². The Morgan fingerprint density at radius 2 is 2.25 bits per heavy atom. The molecular formula is C14H23N5O. The number of hydrogen-bond donors (Lipinski definition) is 2. The molecule has 0 atom stereocenters. The van der Waals surface area contributed by atoms with E-state index in [2.05, 4.69) is 16.5 Å². The predicted molar refractivity (Wildman–Crippen MR) is 79.3 cm³/mol. The van der Waals surface area contributed by atoms with Crippen LogP contribution in [0.2, 0.25) is 0 Å². The molecule has 20 heavy (non-hydrogen) atoms. The number of anilines is 1. The molecule has 1 aromatic rings. The molecule has 0 saturated carbocycles. The van der Waals surface area contributed by atoms with E-state index in [0.717, 1.165) is 19.3 Å². The van der Waals surface area contributed by atoms with E-state index in [4.69, 9.17) is 11.0 Å². The number of nitrogens with one attached hydrogen (secondary N) is 1. The second kappa shape index (κ2) is 7.65. The number of nitrogens with zero attached hydrogens (tertiary/aromatic N) is 3. The third kappa shape index (κ3) is 5.41. The van der Waals surface area contributed by atoms with E-state index in [1.165, 1.54) is 10.7 Å². The Kier molecular flexibility index (Phi) is 6.19. The molecule has 1 heterocycles. The second-order valence-electron chi connectivity index (χ2n) is 5.47. The van der Waals surface area contributed by atoms with E-state index in [0.29, 0.717) is 25.3 Å². The molecule has 6 heteroatoms. The van der Waals surface area contributed by atoms with Crippen molar-refractivity contribution in [1.82, 2.24) is 9.78 Å². The third-order valence-electron chi connectivity index (χ3n) is 3.07. The molecule has 0 radical (unpaired) electrons. The van der Waals surface area contributed by atoms with Crippen LogP contribution < -0.4 is 16.6 Å². The van der Waals surface area contributed by atoms with Crippen LogP contribution in [0.4, 0.5) is 5.69 Å². The van der Waals surface area contributed by atoms with Crippen molar-refractivity contribution in [2.24, 2.45) is 11.1 Å². The van der Waals surface area contributed by atoms with Gasteiger partial charge in [0.05, 0.1) is 23.4 Å². The Bertz CT molecular complexity index is 515. The highest BCUT2D eigenvalue weighted by molar-refractivity contribution is 5.38. The zero-order valence-electron chi connectivity index (χ0n) is 12.2. The number of aryl methyl sites for hydroxylation is 1. The van der Waals surface area contributed by atoms with Gasteiger partial charge >= 0.3 is 0 Å². The van der Waals surface area contributed by atoms with Crippen molar-refractivity contribution < 1.29 is 0 Å². The average Bonchev–Trinajstić information content (AvgIpc) is 2.43. The van der Waals surface area contributed by atoms with Gasteiger partial charge in [0.1, 0.15) is 0 Å². The van der Waals surface area contributed by atoms with Crippen molar-refractivity contribution in [1.29, 1.82) is 5.26 Å². The van der Waals surface area contributed by atoms with Gasteiger partial charge in [-0.2, -0.15) is 10.4 Å². The standard InChI is InChI=1S/C14H23N5O/c1-14(2,11-16)5-3-4-8-19-13(20)9-12(10-18-19)17-7-6-15/h9-10,17H,3-8,15H2,1-2H3. The number of aromatic nitrogens is 2. The molecule has 0 aliphatic heterocycles. The largest absolute Gasteiger partial charge is 0.382 e. The molecule has 110 valence electrons. The minimum absolute atomic E-state index is 0.119. The van der Waals surface area contributed by atoms with Gasteiger partial charge < -0.3 is 11.1 Å². The van der Waals surface area contributed by atoms with Gasteiger partial charge in [0, 0.05) is 25.7 Å². The van der Waals surface area contributed by atoms with Crippen LogP contribution in [0.5, 0.6) is 0 Å². The van der Waals surface area contributed by atoms with Crippen LogP contribution in [0.15, 0.2) is 17.1 Å². The fourth-order valence-electron chi connectivity index (χ4n) is 1.80. The molecule has 0 spiro atoms. The maximum absolute atomic E-state index is 11.8. The molecule has 0 fully saturated rings. The fourth-order valence-corrected chi connectivity index (χ4v) is 1.80. The maximum atomic E-state index is 11.8. The van der Waals surface area contributed by atoms with Crippen LogP contribution in [-0.4, -0.2) is 22.9 Å². The molecule has 1 aromatic heterocycles. The summed E-state index contributed by atoms with van der Waals surface area (Å²) < 4.78 is 1.45. The fraction of sp³-hybridized carbons (Fsp3) is 0.643. The first-order valence-electron chi connectivity index (χ1n) is 6.91. The highest BCUT2D eigenvalue weighted by atomic mass is 16.1. The van der Waals surface area contributed by atoms with Crippen molar-refractivity contribution in [2.45, 2.75) is 39.7 Å². The van der Waals surface area contributed by atoms with Gasteiger partial charge in [-0.3, -0.25) is 4.79 Å². The van der Waals surface area contributed by atoms with E-state index in [-0.39, 0.29) is 11.0 Å². The van der Waals surface area contributed by atoms with Gasteiger partial charge in [-0.15, -0.1) is 0 Å². The lowest BCUT2D eigenvalue weighted by Crippen LogP contribution is -2.23. The first kappa shape index (κ1) is 16.2. The molecule has 0 unspecified atom stereocenters. The first-order chi connectivity index (χ1) is 9.48. The van der Waals surface area contributed by atoms with E-state index in [1.54, 1.807) is 6.20 Å². The minimum Gasteiger partial charge on any atom is -0.382 e. The Hall–Kier alpha value is -1.87. The smallest absolute Gasteiger partial charge is 0.268 e. The molecule has 0 amide bonds. The lowest BCUT2D eigenvalue weighted by molar-refractivity contribution is 0.408. The Morgan fingerprint density at radius 3 is 2.85 bits per heavy atom. The van der Waals surface area contributed by atoms with Crippen molar-refractivity contribution in [3.63, 3.8) is 0 Å². The molecule has 0 saturated heterocycles. The molecule has 6 nitrogen and oxygen atoms in total. The highest BCUT2D eigenvalue weighted by Gasteiger charge is 2.15. The summed E-state index contributed by atoms with van der Waals surface area (Å²) in [5, 5.41) is 16.1. The number of rotatable bonds is 8. The van der Waals surface area contributed by atoms with Crippen molar-refractivity contribution >= 4 is 5.69 Å². The van der Waals surface area contributed by atoms with Crippen LogP contribution >= 0.6 is 0 Å². The lowest BCUT2D eigenvalue weighted by atomic mass is 9.89. The summed E-state index contributed by atoms with van der Waals surface area (Å²) in [5.41, 5.74) is 5.66. The van der Waals surface area contributed by atoms with Gasteiger partial charge in [0.2, 0.25) is 0 Å². The topological polar surface area (TPSA) is 96.7 Å². The van der Waals surface area contributed by atoms with Crippen molar-refractivity contribution in [3.05, 3.63) is 22.6 Å². The number of hydrogen-bond acceptors (Lipinski definition) is 5. The van der Waals surface area contributed by atoms with Crippen LogP contribution in [0.3, 0.4) is 0 Å². The van der Waals surface area contributed by atoms with Gasteiger partial charge in [0.15, 0.2) is 0 Å². The van der Waals surface area contributed by atoms with E-state index >= 15 is 0 Å². The van der Waals surface area contributed by atoms with Crippen molar-refractivity contribution in [3.8, 4) is 6.07 Å². The number of nitrogens with two attached hydrogens (primary N) is 1. The van der Waals surface area contributed by atoms with Gasteiger partial charge in [-0.1, -0.05) is 6.42 Å². The molecule has 0 aliphatic rings. The van der Waals surface area contributed by atoms with Gasteiger partial charge in [0.25, 0.3) is 5.56 Å². The van der Waals surface area contributed by atoms with Gasteiger partial charge in [-0.05, 0) is 26.7 Å².